The van der Waals surface area contributed by atoms with Gasteiger partial charge in [-0.1, -0.05) is 30.3 Å². The highest BCUT2D eigenvalue weighted by atomic mass is 16.5. The molecular formula is C25H29N5O5. The molecule has 1 aliphatic carbocycles. The van der Waals surface area contributed by atoms with Crippen molar-refractivity contribution in [2.45, 2.75) is 51.9 Å². The standard InChI is InChI=1S/C25H29N5O5/c1-16-23(35-19-10-6-9-18(11-19)24(31)32)26-13-21(29-16)20-12-28-30(2)22(20)14-27-25(33)34-15-17-7-4-3-5-8-17/h3-5,7-8,12-13,18-19H,6,9-11,14-15H2,1-2H3,(H,27,33)(H,31,32)/t18?,19-/m0/s1. The number of ether oxygens (including phenoxy) is 2. The summed E-state index contributed by atoms with van der Waals surface area (Å²) in [5, 5.41) is 16.4. The van der Waals surface area contributed by atoms with Gasteiger partial charge in [0.2, 0.25) is 5.88 Å². The molecular weight excluding hydrogens is 450 g/mol. The zero-order chi connectivity index (χ0) is 24.8. The zero-order valence-corrected chi connectivity index (χ0v) is 19.8. The molecule has 10 heteroatoms. The third-order valence-electron chi connectivity index (χ3n) is 6.11. The Labute approximate surface area is 203 Å². The summed E-state index contributed by atoms with van der Waals surface area (Å²) in [7, 11) is 1.79. The fraction of sp³-hybridized carbons (Fsp3) is 0.400. The van der Waals surface area contributed by atoms with Crippen LogP contribution in [0.15, 0.2) is 42.7 Å². The molecule has 35 heavy (non-hydrogen) atoms. The van der Waals surface area contributed by atoms with Crippen molar-refractivity contribution >= 4 is 12.1 Å². The second-order valence-corrected chi connectivity index (χ2v) is 8.63. The fourth-order valence-electron chi connectivity index (χ4n) is 4.17. The number of aromatic nitrogens is 4. The predicted octanol–water partition coefficient (Wildman–Crippen LogP) is 3.63. The Hall–Kier alpha value is -3.95. The summed E-state index contributed by atoms with van der Waals surface area (Å²) in [6.45, 7) is 2.20. The van der Waals surface area contributed by atoms with E-state index in [-0.39, 0.29) is 25.2 Å². The number of rotatable bonds is 8. The van der Waals surface area contributed by atoms with Crippen molar-refractivity contribution in [1.29, 1.82) is 0 Å². The highest BCUT2D eigenvalue weighted by molar-refractivity contribution is 5.70. The Kier molecular flexibility index (Phi) is 7.59. The molecule has 0 bridgehead atoms. The molecule has 3 aromatic rings. The van der Waals surface area contributed by atoms with Gasteiger partial charge in [-0.3, -0.25) is 9.48 Å². The van der Waals surface area contributed by atoms with Gasteiger partial charge in [-0.2, -0.15) is 5.10 Å². The van der Waals surface area contributed by atoms with E-state index in [0.717, 1.165) is 29.7 Å². The Morgan fingerprint density at radius 3 is 2.74 bits per heavy atom. The van der Waals surface area contributed by atoms with E-state index in [2.05, 4.69) is 20.4 Å². The van der Waals surface area contributed by atoms with Gasteiger partial charge in [-0.25, -0.2) is 14.8 Å². The smallest absolute Gasteiger partial charge is 0.407 e. The van der Waals surface area contributed by atoms with Crippen LogP contribution in [0.25, 0.3) is 11.3 Å². The first-order valence-electron chi connectivity index (χ1n) is 11.6. The second kappa shape index (κ2) is 11.0. The Bertz CT molecular complexity index is 1180. The number of carboxylic acid groups (broad SMARTS) is 1. The van der Waals surface area contributed by atoms with Crippen molar-refractivity contribution in [2.24, 2.45) is 13.0 Å². The highest BCUT2D eigenvalue weighted by Crippen LogP contribution is 2.29. The van der Waals surface area contributed by atoms with Crippen molar-refractivity contribution in [1.82, 2.24) is 25.1 Å². The monoisotopic (exact) mass is 479 g/mol. The molecule has 1 unspecified atom stereocenters. The molecule has 0 saturated heterocycles. The van der Waals surface area contributed by atoms with Gasteiger partial charge in [0.25, 0.3) is 0 Å². The van der Waals surface area contributed by atoms with E-state index in [0.29, 0.717) is 30.1 Å². The van der Waals surface area contributed by atoms with Crippen LogP contribution in [0.3, 0.4) is 0 Å². The largest absolute Gasteiger partial charge is 0.481 e. The second-order valence-electron chi connectivity index (χ2n) is 8.63. The molecule has 0 radical (unpaired) electrons. The van der Waals surface area contributed by atoms with Gasteiger partial charge in [0.1, 0.15) is 18.4 Å². The van der Waals surface area contributed by atoms with Crippen molar-refractivity contribution in [3.63, 3.8) is 0 Å². The van der Waals surface area contributed by atoms with Crippen LogP contribution in [-0.2, 0) is 29.7 Å². The van der Waals surface area contributed by atoms with Gasteiger partial charge >= 0.3 is 12.1 Å². The predicted molar refractivity (Wildman–Crippen MR) is 126 cm³/mol. The van der Waals surface area contributed by atoms with Crippen molar-refractivity contribution in [2.75, 3.05) is 0 Å². The van der Waals surface area contributed by atoms with Crippen LogP contribution in [0.4, 0.5) is 4.79 Å². The topological polar surface area (TPSA) is 128 Å². The van der Waals surface area contributed by atoms with E-state index in [4.69, 9.17) is 9.47 Å². The number of hydrogen-bond acceptors (Lipinski definition) is 7. The lowest BCUT2D eigenvalue weighted by Crippen LogP contribution is -2.30. The number of alkyl carbamates (subject to hydrolysis) is 1. The Morgan fingerprint density at radius 2 is 2.00 bits per heavy atom. The van der Waals surface area contributed by atoms with E-state index in [1.54, 1.807) is 31.0 Å². The summed E-state index contributed by atoms with van der Waals surface area (Å²) >= 11 is 0. The van der Waals surface area contributed by atoms with Crippen LogP contribution in [-0.4, -0.2) is 43.0 Å². The van der Waals surface area contributed by atoms with Crippen LogP contribution < -0.4 is 10.1 Å². The minimum absolute atomic E-state index is 0.186. The molecule has 2 N–H and O–H groups in total. The lowest BCUT2D eigenvalue weighted by molar-refractivity contribution is -0.143. The first kappa shape index (κ1) is 24.2. The molecule has 10 nitrogen and oxygen atoms in total. The van der Waals surface area contributed by atoms with E-state index in [9.17, 15) is 14.7 Å². The fourth-order valence-corrected chi connectivity index (χ4v) is 4.17. The molecule has 2 aromatic heterocycles. The summed E-state index contributed by atoms with van der Waals surface area (Å²) in [6, 6.07) is 9.46. The van der Waals surface area contributed by atoms with Crippen LogP contribution in [0.2, 0.25) is 0 Å². The molecule has 1 saturated carbocycles. The number of benzene rings is 1. The molecule has 0 spiro atoms. The van der Waals surface area contributed by atoms with Crippen LogP contribution in [0.5, 0.6) is 5.88 Å². The van der Waals surface area contributed by atoms with Crippen molar-refractivity contribution in [3.05, 3.63) is 59.7 Å². The van der Waals surface area contributed by atoms with Gasteiger partial charge in [0.15, 0.2) is 0 Å². The molecule has 184 valence electrons. The highest BCUT2D eigenvalue weighted by Gasteiger charge is 2.29. The number of nitrogens with zero attached hydrogens (tertiary/aromatic N) is 4. The Balaban J connectivity index is 1.39. The maximum Gasteiger partial charge on any atom is 0.407 e. The first-order chi connectivity index (χ1) is 16.9. The molecule has 4 rings (SSSR count). The summed E-state index contributed by atoms with van der Waals surface area (Å²) in [5.74, 6) is -0.762. The first-order valence-corrected chi connectivity index (χ1v) is 11.6. The summed E-state index contributed by atoms with van der Waals surface area (Å²) in [6.07, 6.45) is 5.32. The Morgan fingerprint density at radius 1 is 1.20 bits per heavy atom. The summed E-state index contributed by atoms with van der Waals surface area (Å²) < 4.78 is 13.0. The van der Waals surface area contributed by atoms with Crippen LogP contribution >= 0.6 is 0 Å². The normalized spacial score (nSPS) is 17.5. The van der Waals surface area contributed by atoms with Crippen molar-refractivity contribution < 1.29 is 24.2 Å². The molecule has 1 amide bonds. The number of amides is 1. The van der Waals surface area contributed by atoms with Gasteiger partial charge in [-0.15, -0.1) is 0 Å². The van der Waals surface area contributed by atoms with E-state index in [1.165, 1.54) is 0 Å². The molecule has 0 aliphatic heterocycles. The van der Waals surface area contributed by atoms with E-state index in [1.807, 2.05) is 30.3 Å². The number of carbonyl (C=O) groups is 2. The van der Waals surface area contributed by atoms with Gasteiger partial charge in [0.05, 0.1) is 36.2 Å². The number of aliphatic carboxylic acids is 1. The summed E-state index contributed by atoms with van der Waals surface area (Å²) in [5.41, 5.74) is 3.60. The third kappa shape index (κ3) is 6.14. The molecule has 1 aliphatic rings. The van der Waals surface area contributed by atoms with E-state index >= 15 is 0 Å². The van der Waals surface area contributed by atoms with Crippen LogP contribution in [0, 0.1) is 12.8 Å². The maximum absolute atomic E-state index is 12.2. The lowest BCUT2D eigenvalue weighted by Gasteiger charge is -2.27. The lowest BCUT2D eigenvalue weighted by atomic mass is 9.87. The maximum atomic E-state index is 12.2. The van der Waals surface area contributed by atoms with Crippen LogP contribution in [0.1, 0.15) is 42.6 Å². The zero-order valence-electron chi connectivity index (χ0n) is 19.8. The minimum atomic E-state index is -0.780. The average Bonchev–Trinajstić information content (AvgIpc) is 3.23. The number of carboxylic acids is 1. The SMILES string of the molecule is Cc1nc(-c2cnn(C)c2CNC(=O)OCc2ccccc2)cnc1O[C@H]1CCCC(C(=O)O)C1. The number of nitrogens with one attached hydrogen (secondary N) is 1. The molecule has 2 atom stereocenters. The quantitative estimate of drug-likeness (QED) is 0.501. The average molecular weight is 480 g/mol. The number of carbonyl (C=O) groups excluding carboxylic acids is 1. The molecule has 2 heterocycles. The number of hydrogen-bond donors (Lipinski definition) is 2. The minimum Gasteiger partial charge on any atom is -0.481 e. The van der Waals surface area contributed by atoms with Gasteiger partial charge in [-0.05, 0) is 38.2 Å². The summed E-state index contributed by atoms with van der Waals surface area (Å²) in [4.78, 5) is 32.6. The molecule has 1 fully saturated rings. The van der Waals surface area contributed by atoms with Gasteiger partial charge in [0, 0.05) is 12.6 Å². The third-order valence-corrected chi connectivity index (χ3v) is 6.11. The molecule has 1 aromatic carbocycles. The number of aryl methyl sites for hydroxylation is 2. The van der Waals surface area contributed by atoms with Gasteiger partial charge < -0.3 is 19.9 Å². The van der Waals surface area contributed by atoms with E-state index < -0.39 is 12.1 Å². The van der Waals surface area contributed by atoms with Crippen molar-refractivity contribution in [3.8, 4) is 17.1 Å².